The van der Waals surface area contributed by atoms with Crippen LogP contribution in [-0.4, -0.2) is 26.0 Å². The van der Waals surface area contributed by atoms with Crippen LogP contribution in [0.4, 0.5) is 0 Å². The van der Waals surface area contributed by atoms with Gasteiger partial charge in [-0.15, -0.1) is 0 Å². The number of aromatic nitrogens is 3. The highest BCUT2D eigenvalue weighted by molar-refractivity contribution is 5.76. The number of carbonyl (C=O) groups is 1. The van der Waals surface area contributed by atoms with Crippen molar-refractivity contribution in [2.24, 2.45) is 5.41 Å². The quantitative estimate of drug-likeness (QED) is 0.867. The van der Waals surface area contributed by atoms with Crippen LogP contribution in [0.2, 0.25) is 0 Å². The molecule has 102 valence electrons. The number of hydrogen-bond acceptors (Lipinski definition) is 3. The Morgan fingerprint density at radius 3 is 2.63 bits per heavy atom. The van der Waals surface area contributed by atoms with Gasteiger partial charge in [0.25, 0.3) is 0 Å². The first-order valence-corrected chi connectivity index (χ1v) is 6.56. The lowest BCUT2D eigenvalue weighted by Gasteiger charge is -2.25. The molecule has 2 N–H and O–H groups in total. The number of nitrogens with one attached hydrogen (secondary N) is 1. The van der Waals surface area contributed by atoms with Gasteiger partial charge in [0.1, 0.15) is 5.82 Å². The Bertz CT molecular complexity index is 600. The summed E-state index contributed by atoms with van der Waals surface area (Å²) >= 11 is 0. The fourth-order valence-corrected chi connectivity index (χ4v) is 2.37. The van der Waals surface area contributed by atoms with Gasteiger partial charge in [-0.1, -0.05) is 13.8 Å². The monoisotopic (exact) mass is 261 g/mol. The van der Waals surface area contributed by atoms with E-state index in [0.717, 1.165) is 11.1 Å². The minimum absolute atomic E-state index is 0.408. The zero-order valence-electron chi connectivity index (χ0n) is 11.5. The third kappa shape index (κ3) is 2.32. The molecule has 0 aromatic carbocycles. The molecule has 2 aromatic heterocycles. The number of carboxylic acid groups (broad SMARTS) is 1. The van der Waals surface area contributed by atoms with Crippen LogP contribution < -0.4 is 0 Å². The number of imidazole rings is 1. The minimum atomic E-state index is -0.761. The first kappa shape index (κ1) is 13.5. The molecule has 0 aliphatic carbocycles. The average Bonchev–Trinajstić information content (AvgIpc) is 2.79. The molecule has 0 aliphatic rings. The van der Waals surface area contributed by atoms with Crippen LogP contribution in [0, 0.1) is 12.3 Å². The first-order chi connectivity index (χ1) is 9.02. The molecule has 0 saturated heterocycles. The summed E-state index contributed by atoms with van der Waals surface area (Å²) in [5.41, 5.74) is 1.87. The van der Waals surface area contributed by atoms with Gasteiger partial charge in [-0.25, -0.2) is 9.97 Å². The lowest BCUT2D eigenvalue weighted by atomic mass is 9.79. The molecule has 0 atom stereocenters. The molecule has 0 fully saturated rings. The van der Waals surface area contributed by atoms with Crippen molar-refractivity contribution in [1.29, 1.82) is 0 Å². The average molecular weight is 261 g/mol. The van der Waals surface area contributed by atoms with Gasteiger partial charge in [-0.05, 0) is 31.4 Å². The van der Waals surface area contributed by atoms with E-state index in [4.69, 9.17) is 0 Å². The number of aryl methyl sites for hydroxylation is 1. The van der Waals surface area contributed by atoms with Gasteiger partial charge in [-0.3, -0.25) is 4.79 Å². The summed E-state index contributed by atoms with van der Waals surface area (Å²) in [5, 5.41) is 9.46. The van der Waals surface area contributed by atoms with Gasteiger partial charge >= 0.3 is 5.97 Å². The lowest BCUT2D eigenvalue weighted by molar-refractivity contribution is -0.149. The number of pyridine rings is 1. The van der Waals surface area contributed by atoms with Crippen molar-refractivity contribution in [1.82, 2.24) is 15.0 Å². The fourth-order valence-electron chi connectivity index (χ4n) is 2.37. The highest BCUT2D eigenvalue weighted by Crippen LogP contribution is 2.31. The van der Waals surface area contributed by atoms with E-state index in [0.29, 0.717) is 30.7 Å². The molecule has 0 amide bonds. The number of fused-ring (bicyclic) bond motifs is 1. The molecule has 19 heavy (non-hydrogen) atoms. The normalized spacial score (nSPS) is 11.9. The van der Waals surface area contributed by atoms with Crippen molar-refractivity contribution in [2.75, 3.05) is 0 Å². The van der Waals surface area contributed by atoms with E-state index in [1.807, 2.05) is 26.8 Å². The Hall–Kier alpha value is -1.91. The zero-order chi connectivity index (χ0) is 14.0. The van der Waals surface area contributed by atoms with Crippen molar-refractivity contribution >= 4 is 17.1 Å². The second kappa shape index (κ2) is 4.99. The molecule has 0 saturated carbocycles. The van der Waals surface area contributed by atoms with E-state index in [-0.39, 0.29) is 0 Å². The maximum absolute atomic E-state index is 11.5. The molecule has 2 heterocycles. The molecule has 0 spiro atoms. The predicted octanol–water partition coefficient (Wildman–Crippen LogP) is 2.70. The number of aromatic amines is 1. The van der Waals surface area contributed by atoms with Crippen molar-refractivity contribution in [2.45, 2.75) is 40.0 Å². The largest absolute Gasteiger partial charge is 0.481 e. The molecule has 0 radical (unpaired) electrons. The summed E-state index contributed by atoms with van der Waals surface area (Å²) in [5.74, 6) is -0.0643. The summed E-state index contributed by atoms with van der Waals surface area (Å²) in [6.07, 6.45) is 3.29. The standard InChI is InChI=1S/C14H19N3O2/c1-4-14(5-2,13(18)19)8-10-16-11-9(3)6-7-15-12(11)17-10/h6-7H,4-5,8H2,1-3H3,(H,18,19)(H,15,16,17). The summed E-state index contributed by atoms with van der Waals surface area (Å²) in [6.45, 7) is 5.80. The maximum Gasteiger partial charge on any atom is 0.310 e. The van der Waals surface area contributed by atoms with E-state index >= 15 is 0 Å². The number of H-pyrrole nitrogens is 1. The van der Waals surface area contributed by atoms with Crippen LogP contribution in [0.3, 0.4) is 0 Å². The first-order valence-electron chi connectivity index (χ1n) is 6.56. The summed E-state index contributed by atoms with van der Waals surface area (Å²) in [4.78, 5) is 23.3. The van der Waals surface area contributed by atoms with Crippen LogP contribution in [0.25, 0.3) is 11.2 Å². The minimum Gasteiger partial charge on any atom is -0.481 e. The van der Waals surface area contributed by atoms with Crippen LogP contribution in [0.5, 0.6) is 0 Å². The zero-order valence-corrected chi connectivity index (χ0v) is 11.5. The van der Waals surface area contributed by atoms with Crippen molar-refractivity contribution in [3.63, 3.8) is 0 Å². The van der Waals surface area contributed by atoms with E-state index in [1.165, 1.54) is 0 Å². The van der Waals surface area contributed by atoms with Crippen molar-refractivity contribution < 1.29 is 9.90 Å². The Balaban J connectivity index is 2.40. The van der Waals surface area contributed by atoms with Crippen LogP contribution in [0.15, 0.2) is 12.3 Å². The van der Waals surface area contributed by atoms with E-state index in [2.05, 4.69) is 15.0 Å². The molecular formula is C14H19N3O2. The maximum atomic E-state index is 11.5. The summed E-state index contributed by atoms with van der Waals surface area (Å²) in [7, 11) is 0. The van der Waals surface area contributed by atoms with Gasteiger partial charge in [0.2, 0.25) is 0 Å². The highest BCUT2D eigenvalue weighted by atomic mass is 16.4. The van der Waals surface area contributed by atoms with Gasteiger partial charge < -0.3 is 10.1 Å². The van der Waals surface area contributed by atoms with Crippen molar-refractivity contribution in [3.05, 3.63) is 23.7 Å². The Labute approximate surface area is 112 Å². The molecule has 0 bridgehead atoms. The van der Waals surface area contributed by atoms with Crippen LogP contribution >= 0.6 is 0 Å². The Kier molecular flexibility index (Phi) is 3.55. The van der Waals surface area contributed by atoms with E-state index in [1.54, 1.807) is 6.20 Å². The molecule has 0 aliphatic heterocycles. The number of aliphatic carboxylic acids is 1. The van der Waals surface area contributed by atoms with Crippen LogP contribution in [-0.2, 0) is 11.2 Å². The van der Waals surface area contributed by atoms with E-state index < -0.39 is 11.4 Å². The summed E-state index contributed by atoms with van der Waals surface area (Å²) < 4.78 is 0. The smallest absolute Gasteiger partial charge is 0.310 e. The third-order valence-electron chi connectivity index (χ3n) is 3.96. The highest BCUT2D eigenvalue weighted by Gasteiger charge is 2.36. The number of hydrogen-bond donors (Lipinski definition) is 2. The predicted molar refractivity (Wildman–Crippen MR) is 73.0 cm³/mol. The Morgan fingerprint density at radius 1 is 1.42 bits per heavy atom. The summed E-state index contributed by atoms with van der Waals surface area (Å²) in [6, 6.07) is 1.91. The molecule has 2 aromatic rings. The van der Waals surface area contributed by atoms with Crippen molar-refractivity contribution in [3.8, 4) is 0 Å². The van der Waals surface area contributed by atoms with Gasteiger partial charge in [0.05, 0.1) is 10.9 Å². The molecule has 5 nitrogen and oxygen atoms in total. The van der Waals surface area contributed by atoms with E-state index in [9.17, 15) is 9.90 Å². The third-order valence-corrected chi connectivity index (χ3v) is 3.96. The van der Waals surface area contributed by atoms with Gasteiger partial charge in [0.15, 0.2) is 5.65 Å². The Morgan fingerprint density at radius 2 is 2.11 bits per heavy atom. The number of rotatable bonds is 5. The second-order valence-electron chi connectivity index (χ2n) is 4.98. The lowest BCUT2D eigenvalue weighted by Crippen LogP contribution is -2.32. The van der Waals surface area contributed by atoms with Gasteiger partial charge in [-0.2, -0.15) is 0 Å². The van der Waals surface area contributed by atoms with Crippen LogP contribution in [0.1, 0.15) is 38.1 Å². The van der Waals surface area contributed by atoms with Gasteiger partial charge in [0, 0.05) is 12.6 Å². The number of nitrogens with zero attached hydrogens (tertiary/aromatic N) is 2. The topological polar surface area (TPSA) is 78.9 Å². The number of carboxylic acids is 1. The SMILES string of the molecule is CCC(CC)(Cc1nc2nccc(C)c2[nH]1)C(=O)O. The molecular weight excluding hydrogens is 242 g/mol. The fraction of sp³-hybridized carbons (Fsp3) is 0.500. The second-order valence-corrected chi connectivity index (χ2v) is 4.98. The molecule has 0 unspecified atom stereocenters. The molecule has 5 heteroatoms. The molecule has 2 rings (SSSR count).